The Balaban J connectivity index is 0.00000784. The van der Waals surface area contributed by atoms with Crippen molar-refractivity contribution in [1.82, 2.24) is 20.9 Å². The number of carbonyl (C=O) groups is 1. The van der Waals surface area contributed by atoms with Gasteiger partial charge in [-0.1, -0.05) is 0 Å². The van der Waals surface area contributed by atoms with E-state index < -0.39 is 29.1 Å². The molecule has 168 valence electrons. The lowest BCUT2D eigenvalue weighted by Gasteiger charge is -2.29. The van der Waals surface area contributed by atoms with E-state index in [0.717, 1.165) is 16.7 Å². The Morgan fingerprint density at radius 2 is 1.83 bits per heavy atom. The molecule has 0 aromatic carbocycles. The molecule has 0 unspecified atom stereocenters. The van der Waals surface area contributed by atoms with Gasteiger partial charge >= 0.3 is 12.3 Å². The molecule has 0 atom stereocenters. The molecule has 0 aliphatic heterocycles. The van der Waals surface area contributed by atoms with E-state index in [4.69, 9.17) is 4.74 Å². The molecule has 0 saturated carbocycles. The van der Waals surface area contributed by atoms with Crippen LogP contribution in [0.3, 0.4) is 0 Å². The number of aromatic nitrogens is 1. The van der Waals surface area contributed by atoms with E-state index in [2.05, 4.69) is 25.9 Å². The van der Waals surface area contributed by atoms with Crippen LogP contribution in [0.2, 0.25) is 0 Å². The van der Waals surface area contributed by atoms with Crippen LogP contribution in [0, 0.1) is 0 Å². The zero-order chi connectivity index (χ0) is 21.6. The smallest absolute Gasteiger partial charge is 0.434 e. The highest BCUT2D eigenvalue weighted by Gasteiger charge is 2.33. The van der Waals surface area contributed by atoms with Crippen LogP contribution >= 0.6 is 35.3 Å². The number of ether oxygens (including phenoxy) is 1. The number of nitrogens with one attached hydrogen (secondary N) is 3. The normalized spacial score (nSPS) is 12.8. The van der Waals surface area contributed by atoms with Crippen molar-refractivity contribution in [2.45, 2.75) is 58.4 Å². The Labute approximate surface area is 190 Å². The van der Waals surface area contributed by atoms with Crippen LogP contribution in [-0.2, 0) is 17.3 Å². The second-order valence-electron chi connectivity index (χ2n) is 7.74. The molecule has 0 fully saturated rings. The van der Waals surface area contributed by atoms with E-state index in [1.54, 1.807) is 27.8 Å². The van der Waals surface area contributed by atoms with Crippen molar-refractivity contribution in [3.8, 4) is 0 Å². The maximum absolute atomic E-state index is 12.6. The predicted molar refractivity (Wildman–Crippen MR) is 119 cm³/mol. The summed E-state index contributed by atoms with van der Waals surface area (Å²) in [5.74, 6) is 0.465. The number of hydrogen-bond donors (Lipinski definition) is 3. The first kappa shape index (κ1) is 27.7. The van der Waals surface area contributed by atoms with E-state index in [0.29, 0.717) is 30.5 Å². The minimum absolute atomic E-state index is 0. The van der Waals surface area contributed by atoms with Gasteiger partial charge in [0.15, 0.2) is 11.7 Å². The van der Waals surface area contributed by atoms with Crippen molar-refractivity contribution in [1.29, 1.82) is 0 Å². The number of alkyl halides is 3. The van der Waals surface area contributed by atoms with Gasteiger partial charge in [-0.2, -0.15) is 13.2 Å². The first-order valence-corrected chi connectivity index (χ1v) is 9.57. The predicted octanol–water partition coefficient (Wildman–Crippen LogP) is 3.79. The average molecular weight is 551 g/mol. The number of carbonyl (C=O) groups excluding carboxylic acids is 1. The van der Waals surface area contributed by atoms with Gasteiger partial charge in [0, 0.05) is 31.9 Å². The first-order chi connectivity index (χ1) is 12.7. The Hall–Kier alpha value is -1.31. The second kappa shape index (κ2) is 11.2. The molecule has 1 heterocycles. The third-order valence-electron chi connectivity index (χ3n) is 3.23. The van der Waals surface area contributed by atoms with E-state index in [1.807, 2.05) is 13.8 Å². The van der Waals surface area contributed by atoms with Gasteiger partial charge in [0.1, 0.15) is 5.60 Å². The third-order valence-corrected chi connectivity index (χ3v) is 4.14. The van der Waals surface area contributed by atoms with Crippen molar-refractivity contribution in [2.24, 2.45) is 4.99 Å². The number of guanidine groups is 1. The largest absolute Gasteiger partial charge is 0.444 e. The maximum atomic E-state index is 12.6. The summed E-state index contributed by atoms with van der Waals surface area (Å²) < 4.78 is 42.9. The number of thiazole rings is 1. The third kappa shape index (κ3) is 11.5. The minimum Gasteiger partial charge on any atom is -0.444 e. The van der Waals surface area contributed by atoms with Crippen molar-refractivity contribution >= 4 is 47.4 Å². The van der Waals surface area contributed by atoms with Crippen molar-refractivity contribution in [3.63, 3.8) is 0 Å². The van der Waals surface area contributed by atoms with E-state index >= 15 is 0 Å². The summed E-state index contributed by atoms with van der Waals surface area (Å²) in [7, 11) is 1.58. The van der Waals surface area contributed by atoms with Gasteiger partial charge in [-0.3, -0.25) is 4.99 Å². The van der Waals surface area contributed by atoms with Crippen LogP contribution in [0.4, 0.5) is 18.0 Å². The van der Waals surface area contributed by atoms with Crippen LogP contribution in [0.5, 0.6) is 0 Å². The summed E-state index contributed by atoms with van der Waals surface area (Å²) in [6.45, 7) is 9.72. The molecule has 0 aliphatic carbocycles. The maximum Gasteiger partial charge on any atom is 0.434 e. The van der Waals surface area contributed by atoms with Crippen LogP contribution < -0.4 is 16.0 Å². The average Bonchev–Trinajstić information content (AvgIpc) is 2.97. The molecule has 1 rings (SSSR count). The molecule has 1 amide bonds. The lowest BCUT2D eigenvalue weighted by Crippen LogP contribution is -2.54. The molecule has 3 N–H and O–H groups in total. The monoisotopic (exact) mass is 551 g/mol. The van der Waals surface area contributed by atoms with Gasteiger partial charge in [0.25, 0.3) is 0 Å². The number of alkyl carbamates (subject to hydrolysis) is 1. The molecule has 0 aliphatic rings. The van der Waals surface area contributed by atoms with Crippen LogP contribution in [0.1, 0.15) is 45.3 Å². The fourth-order valence-electron chi connectivity index (χ4n) is 1.99. The SMILES string of the molecule is CN=C(NCCc1nc(C(F)(F)F)cs1)NCC(C)(C)NC(=O)OC(C)(C)C.I. The Morgan fingerprint density at radius 3 is 2.31 bits per heavy atom. The lowest BCUT2D eigenvalue weighted by molar-refractivity contribution is -0.140. The van der Waals surface area contributed by atoms with Crippen LogP contribution in [-0.4, -0.2) is 48.3 Å². The van der Waals surface area contributed by atoms with Gasteiger partial charge in [-0.15, -0.1) is 35.3 Å². The number of aliphatic imine (C=N–C) groups is 1. The molecule has 12 heteroatoms. The van der Waals surface area contributed by atoms with Gasteiger partial charge in [0.05, 0.1) is 10.5 Å². The molecule has 0 saturated heterocycles. The lowest BCUT2D eigenvalue weighted by atomic mass is 10.1. The highest BCUT2D eigenvalue weighted by molar-refractivity contribution is 14.0. The van der Waals surface area contributed by atoms with Crippen molar-refractivity contribution in [2.75, 3.05) is 20.1 Å². The fraction of sp³-hybridized carbons (Fsp3) is 0.706. The molecule has 1 aromatic rings. The summed E-state index contributed by atoms with van der Waals surface area (Å²) in [4.78, 5) is 19.5. The molecular weight excluding hydrogens is 522 g/mol. The highest BCUT2D eigenvalue weighted by Crippen LogP contribution is 2.29. The van der Waals surface area contributed by atoms with Crippen LogP contribution in [0.25, 0.3) is 0 Å². The quantitative estimate of drug-likeness (QED) is 0.285. The number of nitrogens with zero attached hydrogens (tertiary/aromatic N) is 2. The fourth-order valence-corrected chi connectivity index (χ4v) is 2.80. The molecule has 0 radical (unpaired) electrons. The van der Waals surface area contributed by atoms with Crippen LogP contribution in [0.15, 0.2) is 10.4 Å². The zero-order valence-corrected chi connectivity index (χ0v) is 20.5. The zero-order valence-electron chi connectivity index (χ0n) is 17.4. The summed E-state index contributed by atoms with van der Waals surface area (Å²) in [5.41, 5.74) is -2.07. The Bertz CT molecular complexity index is 687. The van der Waals surface area contributed by atoms with E-state index in [1.165, 1.54) is 0 Å². The summed E-state index contributed by atoms with van der Waals surface area (Å²) >= 11 is 0.972. The van der Waals surface area contributed by atoms with Gasteiger partial charge in [-0.05, 0) is 34.6 Å². The van der Waals surface area contributed by atoms with Crippen molar-refractivity contribution < 1.29 is 22.7 Å². The van der Waals surface area contributed by atoms with Crippen molar-refractivity contribution in [3.05, 3.63) is 16.1 Å². The standard InChI is InChI=1S/C17H28F3N5O2S.HI/c1-15(2,3)27-14(26)25-16(4,5)10-23-13(21-6)22-8-7-12-24-11(9-28-12)17(18,19)20;/h9H,7-8,10H2,1-6H3,(H,25,26)(H2,21,22,23);1H. The molecule has 1 aromatic heterocycles. The topological polar surface area (TPSA) is 87.6 Å². The number of rotatable bonds is 6. The first-order valence-electron chi connectivity index (χ1n) is 8.69. The highest BCUT2D eigenvalue weighted by atomic mass is 127. The summed E-state index contributed by atoms with van der Waals surface area (Å²) in [5, 5.41) is 10.2. The summed E-state index contributed by atoms with van der Waals surface area (Å²) in [6, 6.07) is 0. The number of amides is 1. The minimum atomic E-state index is -4.42. The molecular formula is C17H29F3IN5O2S. The molecule has 0 bridgehead atoms. The van der Waals surface area contributed by atoms with Gasteiger partial charge in [0.2, 0.25) is 0 Å². The Kier molecular flexibility index (Phi) is 10.7. The van der Waals surface area contributed by atoms with Gasteiger partial charge < -0.3 is 20.7 Å². The van der Waals surface area contributed by atoms with E-state index in [9.17, 15) is 18.0 Å². The van der Waals surface area contributed by atoms with Gasteiger partial charge in [-0.25, -0.2) is 9.78 Å². The Morgan fingerprint density at radius 1 is 1.21 bits per heavy atom. The summed E-state index contributed by atoms with van der Waals surface area (Å²) in [6.07, 6.45) is -4.61. The molecule has 29 heavy (non-hydrogen) atoms. The molecule has 7 nitrogen and oxygen atoms in total. The number of hydrogen-bond acceptors (Lipinski definition) is 5. The van der Waals surface area contributed by atoms with E-state index in [-0.39, 0.29) is 24.0 Å². The second-order valence-corrected chi connectivity index (χ2v) is 8.68. The number of halogens is 4. The molecule has 0 spiro atoms.